The van der Waals surface area contributed by atoms with Gasteiger partial charge in [-0.15, -0.1) is 0 Å². The number of carbonyl (C=O) groups is 2. The summed E-state index contributed by atoms with van der Waals surface area (Å²) in [4.78, 5) is 61.0. The van der Waals surface area contributed by atoms with E-state index in [2.05, 4.69) is 0 Å². The number of hydrogen-bond donors (Lipinski definition) is 10. The van der Waals surface area contributed by atoms with Crippen molar-refractivity contribution >= 4 is 38.1 Å². The lowest BCUT2D eigenvalue weighted by Gasteiger charge is -2.20. The highest BCUT2D eigenvalue weighted by atomic mass is 31.2. The fraction of sp³-hybridized carbons (Fsp3) is 0.417. The van der Waals surface area contributed by atoms with Crippen LogP contribution in [-0.4, -0.2) is 101 Å². The van der Waals surface area contributed by atoms with Crippen molar-refractivity contribution in [2.45, 2.75) is 36.6 Å². The summed E-state index contributed by atoms with van der Waals surface area (Å²) in [5, 5.41) is 78.5. The Balaban J connectivity index is 0.000000480. The third-order valence-corrected chi connectivity index (χ3v) is 10.4. The van der Waals surface area contributed by atoms with E-state index in [0.717, 1.165) is 38.5 Å². The first-order valence-electron chi connectivity index (χ1n) is 13.1. The number of phenols is 2. The number of aliphatic hydroxyl groups is 2. The van der Waals surface area contributed by atoms with Crippen molar-refractivity contribution in [3.05, 3.63) is 55.6 Å². The Hall–Kier alpha value is -4.40. The minimum atomic E-state index is -4.34. The molecule has 2 aromatic rings. The number of nitrogens with zero attached hydrogens (tertiary/aromatic N) is 2. The maximum Gasteiger partial charge on any atom is 0.320 e. The number of nitrogens with two attached hydrogens (primary N) is 2. The minimum Gasteiger partial charge on any atom is -0.500 e. The second kappa shape index (κ2) is 17.1. The highest BCUT2D eigenvalue weighted by molar-refractivity contribution is 7.58. The van der Waals surface area contributed by atoms with E-state index in [1.165, 1.54) is 0 Å². The number of aliphatic carboxylic acids is 2. The lowest BCUT2D eigenvalue weighted by atomic mass is 10.2. The molecule has 268 valence electrons. The number of nitro groups is 2. The Labute approximate surface area is 270 Å². The van der Waals surface area contributed by atoms with Crippen LogP contribution in [0.5, 0.6) is 23.0 Å². The molecule has 6 atom stereocenters. The van der Waals surface area contributed by atoms with Crippen molar-refractivity contribution in [1.82, 2.24) is 0 Å². The van der Waals surface area contributed by atoms with E-state index in [-0.39, 0.29) is 35.5 Å². The van der Waals surface area contributed by atoms with Gasteiger partial charge in [-0.05, 0) is 25.0 Å². The van der Waals surface area contributed by atoms with Crippen LogP contribution in [-0.2, 0) is 18.7 Å². The van der Waals surface area contributed by atoms with Gasteiger partial charge in [0.2, 0.25) is 26.2 Å². The zero-order valence-corrected chi connectivity index (χ0v) is 26.8. The van der Waals surface area contributed by atoms with Crippen LogP contribution in [0.25, 0.3) is 0 Å². The molecule has 24 heteroatoms. The summed E-state index contributed by atoms with van der Waals surface area (Å²) >= 11 is 0. The molecule has 4 unspecified atom stereocenters. The fourth-order valence-corrected chi connectivity index (χ4v) is 6.74. The van der Waals surface area contributed by atoms with E-state index in [1.54, 1.807) is 0 Å². The number of hydrogen-bond acceptors (Lipinski definition) is 16. The first-order chi connectivity index (χ1) is 22.0. The van der Waals surface area contributed by atoms with Crippen LogP contribution in [0.3, 0.4) is 0 Å². The summed E-state index contributed by atoms with van der Waals surface area (Å²) in [5.74, 6) is -9.12. The van der Waals surface area contributed by atoms with Crippen molar-refractivity contribution in [2.75, 3.05) is 26.5 Å². The van der Waals surface area contributed by atoms with E-state index in [4.69, 9.17) is 31.2 Å². The van der Waals surface area contributed by atoms with Gasteiger partial charge in [0.05, 0.1) is 24.1 Å². The van der Waals surface area contributed by atoms with Crippen LogP contribution in [0.2, 0.25) is 0 Å². The molecule has 12 N–H and O–H groups in total. The molecule has 0 fully saturated rings. The first-order valence-corrected chi connectivity index (χ1v) is 16.9. The number of carboxylic acid groups (broad SMARTS) is 2. The molecule has 0 aliphatic rings. The Morgan fingerprint density at radius 3 is 1.27 bits per heavy atom. The van der Waals surface area contributed by atoms with Crippen molar-refractivity contribution in [2.24, 2.45) is 11.5 Å². The number of rotatable bonds is 16. The summed E-state index contributed by atoms with van der Waals surface area (Å²) < 4.78 is 33.9. The van der Waals surface area contributed by atoms with E-state index in [1.807, 2.05) is 0 Å². The molecule has 0 bridgehead atoms. The van der Waals surface area contributed by atoms with Crippen LogP contribution < -0.4 is 20.9 Å². The molecule has 2 aromatic carbocycles. The largest absolute Gasteiger partial charge is 0.500 e. The lowest BCUT2D eigenvalue weighted by Crippen LogP contribution is -2.31. The summed E-state index contributed by atoms with van der Waals surface area (Å²) in [5.41, 5.74) is 8.19. The molecule has 0 saturated heterocycles. The van der Waals surface area contributed by atoms with Gasteiger partial charge in [0.25, 0.3) is 0 Å². The zero-order chi connectivity index (χ0) is 37.3. The third-order valence-electron chi connectivity index (χ3n) is 6.50. The Morgan fingerprint density at radius 2 is 1.04 bits per heavy atom. The first kappa shape index (κ1) is 41.6. The zero-order valence-electron chi connectivity index (χ0n) is 25.1. The highest BCUT2D eigenvalue weighted by Gasteiger charge is 2.36. The van der Waals surface area contributed by atoms with Gasteiger partial charge in [-0.2, -0.15) is 0 Å². The number of ether oxygens (including phenoxy) is 2. The molecule has 48 heavy (non-hydrogen) atoms. The quantitative estimate of drug-likeness (QED) is 0.0647. The summed E-state index contributed by atoms with van der Waals surface area (Å²) in [6, 6.07) is 0.660. The van der Waals surface area contributed by atoms with Gasteiger partial charge >= 0.3 is 23.3 Å². The normalized spacial score (nSPS) is 16.0. The average Bonchev–Trinajstić information content (AvgIpc) is 3.01. The van der Waals surface area contributed by atoms with Crippen molar-refractivity contribution in [3.63, 3.8) is 0 Å². The fourth-order valence-electron chi connectivity index (χ4n) is 3.72. The standard InChI is InChI=1S/2C12H17N2O9P/c2*1-23-9-5-6(4-8(10(9)15)14(19)20)12(18)24(21,22)3-2-7(13)11(16)17/h2*4-5,7,12,15,18H,2-3,13H2,1H3,(H,16,17)(H,21,22)/t2*7-,12?/m00/s1. The molecule has 0 spiro atoms. The second-order valence-electron chi connectivity index (χ2n) is 9.87. The van der Waals surface area contributed by atoms with Crippen LogP contribution in [0.15, 0.2) is 24.3 Å². The van der Waals surface area contributed by atoms with Crippen LogP contribution >= 0.6 is 14.7 Å². The summed E-state index contributed by atoms with van der Waals surface area (Å²) in [6.07, 6.45) is -1.98. The molecular weight excluding hydrogens is 694 g/mol. The number of methoxy groups -OCH3 is 2. The monoisotopic (exact) mass is 728 g/mol. The third kappa shape index (κ3) is 10.8. The second-order valence-corrected chi connectivity index (χ2v) is 14.8. The number of nitro benzene ring substituents is 2. The van der Waals surface area contributed by atoms with Crippen LogP contribution in [0.1, 0.15) is 35.7 Å². The lowest BCUT2D eigenvalue weighted by molar-refractivity contribution is -0.386. The van der Waals surface area contributed by atoms with Gasteiger partial charge in [0, 0.05) is 35.6 Å². The Bertz CT molecular complexity index is 1500. The van der Waals surface area contributed by atoms with Gasteiger partial charge in [-0.1, -0.05) is 0 Å². The SMILES string of the molecule is COc1cc(C(O)P(=O)(O)CC[C@H](N)C(=O)O)cc([N+](=O)[O-])c1O.COc1cc(C(O)P(=O)(O)CC[C@H](N)C(=O)O)cc([N+](=O)[O-])c1O. The number of phenolic OH excluding ortho intramolecular Hbond substituents is 2. The molecule has 0 aromatic heterocycles. The maximum absolute atomic E-state index is 12.2. The molecule has 22 nitrogen and oxygen atoms in total. The maximum atomic E-state index is 12.2. The molecule has 0 aliphatic carbocycles. The highest BCUT2D eigenvalue weighted by Crippen LogP contribution is 2.57. The average molecular weight is 728 g/mol. The van der Waals surface area contributed by atoms with E-state index < -0.39 is 95.5 Å². The molecular formula is C24H34N4O18P2. The molecule has 0 saturated carbocycles. The van der Waals surface area contributed by atoms with Gasteiger partial charge in [0.1, 0.15) is 12.1 Å². The van der Waals surface area contributed by atoms with E-state index in [0.29, 0.717) is 0 Å². The molecule has 0 aliphatic heterocycles. The Kier molecular flexibility index (Phi) is 14.9. The van der Waals surface area contributed by atoms with Crippen molar-refractivity contribution in [3.8, 4) is 23.0 Å². The van der Waals surface area contributed by atoms with Crippen LogP contribution in [0.4, 0.5) is 11.4 Å². The minimum absolute atomic E-state index is 0.328. The van der Waals surface area contributed by atoms with E-state index in [9.17, 15) is 69.2 Å². The van der Waals surface area contributed by atoms with Gasteiger partial charge in [-0.25, -0.2) is 0 Å². The van der Waals surface area contributed by atoms with Gasteiger partial charge in [0.15, 0.2) is 23.2 Å². The van der Waals surface area contributed by atoms with Crippen LogP contribution in [0, 0.1) is 20.2 Å². The van der Waals surface area contributed by atoms with Crippen molar-refractivity contribution < 1.29 is 78.5 Å². The molecule has 2 rings (SSSR count). The molecule has 0 radical (unpaired) electrons. The van der Waals surface area contributed by atoms with Gasteiger partial charge in [-0.3, -0.25) is 38.9 Å². The number of aromatic hydroxyl groups is 2. The summed E-state index contributed by atoms with van der Waals surface area (Å²) in [6.45, 7) is 0. The number of benzene rings is 2. The predicted molar refractivity (Wildman–Crippen MR) is 162 cm³/mol. The summed E-state index contributed by atoms with van der Waals surface area (Å²) in [7, 11) is -6.46. The van der Waals surface area contributed by atoms with Crippen molar-refractivity contribution in [1.29, 1.82) is 0 Å². The topological polar surface area (TPSA) is 387 Å². The number of aliphatic hydroxyl groups excluding tert-OH is 2. The predicted octanol–water partition coefficient (Wildman–Crippen LogP) is 0.745. The smallest absolute Gasteiger partial charge is 0.320 e. The number of carboxylic acids is 2. The van der Waals surface area contributed by atoms with E-state index >= 15 is 0 Å². The molecule has 0 heterocycles. The Morgan fingerprint density at radius 1 is 0.750 bits per heavy atom. The molecule has 0 amide bonds. The van der Waals surface area contributed by atoms with Gasteiger partial charge < -0.3 is 61.4 Å².